The van der Waals surface area contributed by atoms with Crippen LogP contribution in [0.1, 0.15) is 55.1 Å². The number of nitrogens with zero attached hydrogens (tertiary/aromatic N) is 2. The van der Waals surface area contributed by atoms with Gasteiger partial charge in [0, 0.05) is 30.6 Å². The average molecular weight is 420 g/mol. The zero-order valence-corrected chi connectivity index (χ0v) is 17.3. The van der Waals surface area contributed by atoms with Gasteiger partial charge in [-0.05, 0) is 55.8 Å². The molecule has 1 aliphatic carbocycles. The molecule has 2 fully saturated rings. The summed E-state index contributed by atoms with van der Waals surface area (Å²) >= 11 is 1.58. The lowest BCUT2D eigenvalue weighted by molar-refractivity contribution is -0.126. The Hall–Kier alpha value is -1.86. The Bertz CT molecular complexity index is 823. The fourth-order valence-corrected chi connectivity index (χ4v) is 5.41. The number of likely N-dealkylation sites (tertiary alicyclic amines) is 1. The maximum absolute atomic E-state index is 13.6. The molecule has 1 saturated carbocycles. The van der Waals surface area contributed by atoms with E-state index >= 15 is 0 Å². The second-order valence-corrected chi connectivity index (χ2v) is 9.15. The Morgan fingerprint density at radius 1 is 1.21 bits per heavy atom. The highest BCUT2D eigenvalue weighted by Gasteiger charge is 2.33. The van der Waals surface area contributed by atoms with Crippen molar-refractivity contribution >= 4 is 17.2 Å². The third kappa shape index (κ3) is 5.01. The van der Waals surface area contributed by atoms with Crippen molar-refractivity contribution in [3.05, 3.63) is 52.0 Å². The summed E-state index contributed by atoms with van der Waals surface area (Å²) in [5.74, 6) is -1.09. The van der Waals surface area contributed by atoms with Crippen molar-refractivity contribution in [2.45, 2.75) is 51.1 Å². The van der Waals surface area contributed by atoms with Gasteiger partial charge in [-0.25, -0.2) is 13.8 Å². The lowest BCUT2D eigenvalue weighted by Gasteiger charge is -2.37. The minimum Gasteiger partial charge on any atom is -0.346 e. The predicted molar refractivity (Wildman–Crippen MR) is 109 cm³/mol. The number of thiazole rings is 1. The summed E-state index contributed by atoms with van der Waals surface area (Å²) in [6.07, 6.45) is 8.03. The Labute approximate surface area is 174 Å². The molecule has 2 unspecified atom stereocenters. The van der Waals surface area contributed by atoms with E-state index in [1.807, 2.05) is 5.38 Å². The topological polar surface area (TPSA) is 45.2 Å². The molecule has 1 amide bonds. The van der Waals surface area contributed by atoms with Gasteiger partial charge in [-0.15, -0.1) is 11.3 Å². The first-order valence-electron chi connectivity index (χ1n) is 10.5. The van der Waals surface area contributed by atoms with E-state index in [-0.39, 0.29) is 23.8 Å². The molecule has 1 aromatic carbocycles. The van der Waals surface area contributed by atoms with E-state index in [0.29, 0.717) is 6.54 Å². The van der Waals surface area contributed by atoms with Crippen LogP contribution in [0.5, 0.6) is 0 Å². The Kier molecular flexibility index (Phi) is 6.55. The number of benzene rings is 1. The minimum absolute atomic E-state index is 0.0872. The lowest BCUT2D eigenvalue weighted by atomic mass is 9.90. The lowest BCUT2D eigenvalue weighted by Crippen LogP contribution is -2.43. The monoisotopic (exact) mass is 419 g/mol. The molecule has 4 nitrogen and oxygen atoms in total. The molecular formula is C22H27F2N3OS. The first-order valence-corrected chi connectivity index (χ1v) is 11.3. The minimum atomic E-state index is -0.816. The second-order valence-electron chi connectivity index (χ2n) is 8.22. The van der Waals surface area contributed by atoms with Crippen LogP contribution in [0.15, 0.2) is 29.8 Å². The van der Waals surface area contributed by atoms with Crippen LogP contribution in [-0.2, 0) is 11.3 Å². The largest absolute Gasteiger partial charge is 0.346 e. The van der Waals surface area contributed by atoms with Gasteiger partial charge in [0.2, 0.25) is 5.91 Å². The van der Waals surface area contributed by atoms with Gasteiger partial charge in [0.15, 0.2) is 11.6 Å². The summed E-state index contributed by atoms with van der Waals surface area (Å²) in [6, 6.07) is 4.02. The molecule has 1 N–H and O–H groups in total. The highest BCUT2D eigenvalue weighted by Crippen LogP contribution is 2.33. The molecule has 2 aliphatic rings. The Morgan fingerprint density at radius 2 is 2.03 bits per heavy atom. The molecule has 0 radical (unpaired) electrons. The van der Waals surface area contributed by atoms with Gasteiger partial charge in [0.05, 0.1) is 6.04 Å². The number of amides is 1. The van der Waals surface area contributed by atoms with Crippen LogP contribution < -0.4 is 5.32 Å². The van der Waals surface area contributed by atoms with Gasteiger partial charge >= 0.3 is 0 Å². The quantitative estimate of drug-likeness (QED) is 0.739. The third-order valence-corrected chi connectivity index (χ3v) is 7.00. The summed E-state index contributed by atoms with van der Waals surface area (Å²) in [5.41, 5.74) is 0.769. The van der Waals surface area contributed by atoms with Crippen LogP contribution in [0.3, 0.4) is 0 Å². The number of piperidine rings is 1. The van der Waals surface area contributed by atoms with Gasteiger partial charge in [-0.3, -0.25) is 9.69 Å². The fourth-order valence-electron chi connectivity index (χ4n) is 4.63. The Balaban J connectivity index is 1.45. The van der Waals surface area contributed by atoms with Crippen LogP contribution in [0.25, 0.3) is 0 Å². The summed E-state index contributed by atoms with van der Waals surface area (Å²) in [6.45, 7) is 2.29. The predicted octanol–water partition coefficient (Wildman–Crippen LogP) is 4.68. The first-order chi connectivity index (χ1) is 14.1. The van der Waals surface area contributed by atoms with E-state index in [9.17, 15) is 13.6 Å². The van der Waals surface area contributed by atoms with Crippen LogP contribution in [-0.4, -0.2) is 28.9 Å². The molecule has 2 atom stereocenters. The van der Waals surface area contributed by atoms with Crippen molar-refractivity contribution in [1.82, 2.24) is 15.2 Å². The number of carbonyl (C=O) groups excluding carboxylic acids is 1. The molecule has 0 spiro atoms. The summed E-state index contributed by atoms with van der Waals surface area (Å²) in [7, 11) is 0. The van der Waals surface area contributed by atoms with E-state index in [1.165, 1.54) is 12.1 Å². The zero-order valence-electron chi connectivity index (χ0n) is 16.4. The molecule has 29 heavy (non-hydrogen) atoms. The SMILES string of the molecule is O=C(NC(c1nccs1)C1CCCN(Cc2ccc(F)c(F)c2)C1)C1CCCC1. The molecule has 1 aliphatic heterocycles. The number of carbonyl (C=O) groups is 1. The van der Waals surface area contributed by atoms with Crippen molar-refractivity contribution in [2.24, 2.45) is 11.8 Å². The molecule has 4 rings (SSSR count). The van der Waals surface area contributed by atoms with Crippen molar-refractivity contribution < 1.29 is 13.6 Å². The highest BCUT2D eigenvalue weighted by atomic mass is 32.1. The maximum Gasteiger partial charge on any atom is 0.223 e. The van der Waals surface area contributed by atoms with Crippen molar-refractivity contribution in [3.8, 4) is 0 Å². The Morgan fingerprint density at radius 3 is 2.76 bits per heavy atom. The standard InChI is InChI=1S/C22H27F2N3OS/c23-18-8-7-15(12-19(18)24)13-27-10-3-6-17(14-27)20(22-25-9-11-29-22)26-21(28)16-4-1-2-5-16/h7-9,11-12,16-17,20H,1-6,10,13-14H2,(H,26,28). The molecule has 1 saturated heterocycles. The number of nitrogens with one attached hydrogen (secondary N) is 1. The van der Waals surface area contributed by atoms with Crippen molar-refractivity contribution in [2.75, 3.05) is 13.1 Å². The van der Waals surface area contributed by atoms with E-state index in [1.54, 1.807) is 23.6 Å². The molecule has 0 bridgehead atoms. The van der Waals surface area contributed by atoms with Gasteiger partial charge in [-0.2, -0.15) is 0 Å². The molecule has 1 aromatic heterocycles. The maximum atomic E-state index is 13.6. The van der Waals surface area contributed by atoms with Gasteiger partial charge in [-0.1, -0.05) is 18.9 Å². The zero-order chi connectivity index (χ0) is 20.2. The van der Waals surface area contributed by atoms with Crippen molar-refractivity contribution in [3.63, 3.8) is 0 Å². The van der Waals surface area contributed by atoms with E-state index in [2.05, 4.69) is 15.2 Å². The van der Waals surface area contributed by atoms with Gasteiger partial charge < -0.3 is 5.32 Å². The second kappa shape index (κ2) is 9.30. The normalized spacial score (nSPS) is 21.9. The van der Waals surface area contributed by atoms with E-state index < -0.39 is 11.6 Å². The van der Waals surface area contributed by atoms with Crippen LogP contribution in [0.4, 0.5) is 8.78 Å². The highest BCUT2D eigenvalue weighted by molar-refractivity contribution is 7.09. The molecule has 156 valence electrons. The number of hydrogen-bond donors (Lipinski definition) is 1. The van der Waals surface area contributed by atoms with E-state index in [0.717, 1.165) is 62.2 Å². The van der Waals surface area contributed by atoms with E-state index in [4.69, 9.17) is 0 Å². The number of rotatable bonds is 6. The molecule has 7 heteroatoms. The summed E-state index contributed by atoms with van der Waals surface area (Å²) in [4.78, 5) is 19.6. The third-order valence-electron chi connectivity index (χ3n) is 6.14. The summed E-state index contributed by atoms with van der Waals surface area (Å²) in [5, 5.41) is 6.21. The molecule has 2 heterocycles. The number of halogens is 2. The van der Waals surface area contributed by atoms with Crippen molar-refractivity contribution in [1.29, 1.82) is 0 Å². The van der Waals surface area contributed by atoms with Gasteiger partial charge in [0.1, 0.15) is 5.01 Å². The average Bonchev–Trinajstić information content (AvgIpc) is 3.43. The van der Waals surface area contributed by atoms with Crippen LogP contribution in [0.2, 0.25) is 0 Å². The van der Waals surface area contributed by atoms with Gasteiger partial charge in [0.25, 0.3) is 0 Å². The number of aromatic nitrogens is 1. The smallest absolute Gasteiger partial charge is 0.223 e. The number of hydrogen-bond acceptors (Lipinski definition) is 4. The molecule has 2 aromatic rings. The molecular weight excluding hydrogens is 392 g/mol. The van der Waals surface area contributed by atoms with Crippen LogP contribution >= 0.6 is 11.3 Å². The summed E-state index contributed by atoms with van der Waals surface area (Å²) < 4.78 is 26.8. The van der Waals surface area contributed by atoms with Crippen LogP contribution in [0, 0.1) is 23.5 Å². The first kappa shape index (κ1) is 20.4. The fraction of sp³-hybridized carbons (Fsp3) is 0.545.